The van der Waals surface area contributed by atoms with Crippen molar-refractivity contribution < 1.29 is 4.74 Å². The van der Waals surface area contributed by atoms with Crippen molar-refractivity contribution in [2.45, 2.75) is 32.4 Å². The maximum absolute atomic E-state index is 6.41. The first-order valence-corrected chi connectivity index (χ1v) is 7.74. The molecule has 2 aromatic rings. The van der Waals surface area contributed by atoms with Crippen molar-refractivity contribution in [1.29, 1.82) is 0 Å². The number of ether oxygens (including phenoxy) is 1. The Labute approximate surface area is 124 Å². The fraction of sp³-hybridized carbons (Fsp3) is 0.500. The minimum Gasteiger partial charge on any atom is -0.378 e. The van der Waals surface area contributed by atoms with Gasteiger partial charge in [-0.1, -0.05) is 36.7 Å². The second kappa shape index (κ2) is 6.17. The van der Waals surface area contributed by atoms with E-state index >= 15 is 0 Å². The highest BCUT2D eigenvalue weighted by Crippen LogP contribution is 2.27. The second-order valence-corrected chi connectivity index (χ2v) is 5.84. The molecule has 1 saturated heterocycles. The molecule has 0 amide bonds. The van der Waals surface area contributed by atoms with E-state index in [1.165, 1.54) is 0 Å². The Morgan fingerprint density at radius 2 is 2.25 bits per heavy atom. The molecule has 1 aromatic heterocycles. The van der Waals surface area contributed by atoms with E-state index in [2.05, 4.69) is 29.4 Å². The summed E-state index contributed by atoms with van der Waals surface area (Å²) in [6.07, 6.45) is 2.67. The van der Waals surface area contributed by atoms with Gasteiger partial charge in [-0.05, 0) is 24.8 Å². The van der Waals surface area contributed by atoms with Crippen LogP contribution in [0.5, 0.6) is 0 Å². The Balaban J connectivity index is 1.61. The number of para-hydroxylation sites is 1. The van der Waals surface area contributed by atoms with E-state index < -0.39 is 0 Å². The molecule has 20 heavy (non-hydrogen) atoms. The van der Waals surface area contributed by atoms with Gasteiger partial charge in [-0.15, -0.1) is 0 Å². The summed E-state index contributed by atoms with van der Waals surface area (Å²) < 4.78 is 5.72. The van der Waals surface area contributed by atoms with Gasteiger partial charge in [0.05, 0.1) is 11.1 Å². The van der Waals surface area contributed by atoms with Gasteiger partial charge in [0.2, 0.25) is 0 Å². The summed E-state index contributed by atoms with van der Waals surface area (Å²) in [5, 5.41) is 5.45. The molecule has 4 heteroatoms. The van der Waals surface area contributed by atoms with Gasteiger partial charge in [0.15, 0.2) is 0 Å². The number of fused-ring (bicyclic) bond motifs is 1. The van der Waals surface area contributed by atoms with E-state index in [4.69, 9.17) is 16.3 Å². The topological polar surface area (TPSA) is 37.0 Å². The molecule has 0 saturated carbocycles. The maximum atomic E-state index is 6.41. The number of nitrogens with one attached hydrogen (secondary N) is 2. The summed E-state index contributed by atoms with van der Waals surface area (Å²) in [7, 11) is 0. The lowest BCUT2D eigenvalue weighted by Crippen LogP contribution is -2.28. The van der Waals surface area contributed by atoms with Gasteiger partial charge in [0.25, 0.3) is 0 Å². The largest absolute Gasteiger partial charge is 0.378 e. The average molecular weight is 293 g/mol. The van der Waals surface area contributed by atoms with Crippen LogP contribution in [-0.4, -0.2) is 24.2 Å². The molecule has 1 aliphatic rings. The van der Waals surface area contributed by atoms with Crippen LogP contribution in [0.4, 0.5) is 0 Å². The van der Waals surface area contributed by atoms with Crippen LogP contribution in [0.15, 0.2) is 24.3 Å². The minimum absolute atomic E-state index is 0.417. The Bertz CT molecular complexity index is 581. The quantitative estimate of drug-likeness (QED) is 0.881. The molecule has 0 bridgehead atoms. The highest BCUT2D eigenvalue weighted by molar-refractivity contribution is 6.36. The van der Waals surface area contributed by atoms with Crippen LogP contribution < -0.4 is 5.32 Å². The molecule has 108 valence electrons. The summed E-state index contributed by atoms with van der Waals surface area (Å²) in [4.78, 5) is 3.39. The zero-order chi connectivity index (χ0) is 13.9. The lowest BCUT2D eigenvalue weighted by atomic mass is 10.00. The van der Waals surface area contributed by atoms with Crippen molar-refractivity contribution in [1.82, 2.24) is 10.3 Å². The first-order chi connectivity index (χ1) is 9.79. The first kappa shape index (κ1) is 13.9. The zero-order valence-corrected chi connectivity index (χ0v) is 12.5. The number of halogens is 1. The van der Waals surface area contributed by atoms with E-state index in [1.54, 1.807) is 0 Å². The summed E-state index contributed by atoms with van der Waals surface area (Å²) in [6, 6.07) is 8.15. The molecule has 2 atom stereocenters. The van der Waals surface area contributed by atoms with Gasteiger partial charge in [-0.2, -0.15) is 0 Å². The first-order valence-electron chi connectivity index (χ1n) is 7.37. The Hall–Kier alpha value is -1.03. The van der Waals surface area contributed by atoms with Crippen molar-refractivity contribution in [2.75, 3.05) is 13.2 Å². The fourth-order valence-corrected chi connectivity index (χ4v) is 3.32. The van der Waals surface area contributed by atoms with Crippen molar-refractivity contribution in [3.8, 4) is 0 Å². The number of aromatic nitrogens is 1. The Morgan fingerprint density at radius 1 is 1.40 bits per heavy atom. The minimum atomic E-state index is 0.417. The fourth-order valence-electron chi connectivity index (χ4n) is 3.05. The Morgan fingerprint density at radius 3 is 3.05 bits per heavy atom. The molecule has 1 aliphatic heterocycles. The number of rotatable bonds is 5. The summed E-state index contributed by atoms with van der Waals surface area (Å²) in [5.41, 5.74) is 2.17. The van der Waals surface area contributed by atoms with Crippen molar-refractivity contribution in [3.05, 3.63) is 35.0 Å². The maximum Gasteiger partial charge on any atom is 0.0705 e. The average Bonchev–Trinajstić information content (AvgIpc) is 3.05. The SMILES string of the molecule is CCC1OCCC1CNCc1[nH]c2ccccc2c1Cl. The highest BCUT2D eigenvalue weighted by Gasteiger charge is 2.26. The lowest BCUT2D eigenvalue weighted by molar-refractivity contribution is 0.0872. The molecule has 1 aromatic carbocycles. The van der Waals surface area contributed by atoms with Crippen LogP contribution in [0.3, 0.4) is 0 Å². The third-order valence-corrected chi connectivity index (χ3v) is 4.60. The molecule has 3 nitrogen and oxygen atoms in total. The molecular formula is C16H21ClN2O. The smallest absolute Gasteiger partial charge is 0.0705 e. The van der Waals surface area contributed by atoms with Crippen LogP contribution in [0.1, 0.15) is 25.5 Å². The summed E-state index contributed by atoms with van der Waals surface area (Å²) in [5.74, 6) is 0.628. The van der Waals surface area contributed by atoms with Gasteiger partial charge in [-0.3, -0.25) is 0 Å². The third-order valence-electron chi connectivity index (χ3n) is 4.17. The molecular weight excluding hydrogens is 272 g/mol. The highest BCUT2D eigenvalue weighted by atomic mass is 35.5. The van der Waals surface area contributed by atoms with E-state index in [0.717, 1.165) is 54.2 Å². The van der Waals surface area contributed by atoms with Gasteiger partial charge in [0, 0.05) is 36.3 Å². The zero-order valence-electron chi connectivity index (χ0n) is 11.8. The molecule has 0 aliphatic carbocycles. The number of aromatic amines is 1. The van der Waals surface area contributed by atoms with Crippen LogP contribution in [0.2, 0.25) is 5.02 Å². The van der Waals surface area contributed by atoms with Crippen molar-refractivity contribution >= 4 is 22.5 Å². The van der Waals surface area contributed by atoms with Gasteiger partial charge in [0.1, 0.15) is 0 Å². The van der Waals surface area contributed by atoms with Crippen molar-refractivity contribution in [2.24, 2.45) is 5.92 Å². The predicted octanol–water partition coefficient (Wildman–Crippen LogP) is 3.73. The monoisotopic (exact) mass is 292 g/mol. The van der Waals surface area contributed by atoms with E-state index in [9.17, 15) is 0 Å². The van der Waals surface area contributed by atoms with E-state index in [-0.39, 0.29) is 0 Å². The summed E-state index contributed by atoms with van der Waals surface area (Å²) >= 11 is 6.41. The number of hydrogen-bond acceptors (Lipinski definition) is 2. The van der Waals surface area contributed by atoms with Crippen LogP contribution in [-0.2, 0) is 11.3 Å². The van der Waals surface area contributed by atoms with Crippen LogP contribution in [0, 0.1) is 5.92 Å². The molecule has 1 fully saturated rings. The van der Waals surface area contributed by atoms with Crippen LogP contribution in [0.25, 0.3) is 10.9 Å². The molecule has 0 spiro atoms. The van der Waals surface area contributed by atoms with E-state index in [0.29, 0.717) is 12.0 Å². The number of hydrogen-bond donors (Lipinski definition) is 2. The van der Waals surface area contributed by atoms with E-state index in [1.807, 2.05) is 12.1 Å². The van der Waals surface area contributed by atoms with Gasteiger partial charge >= 0.3 is 0 Å². The summed E-state index contributed by atoms with van der Waals surface area (Å²) in [6.45, 7) is 4.86. The second-order valence-electron chi connectivity index (χ2n) is 5.46. The molecule has 2 heterocycles. The standard InChI is InChI=1S/C16H21ClN2O/c1-2-15-11(7-8-20-15)9-18-10-14-16(17)12-5-3-4-6-13(12)19-14/h3-6,11,15,18-19H,2,7-10H2,1H3. The molecule has 2 N–H and O–H groups in total. The normalized spacial score (nSPS) is 22.7. The number of benzene rings is 1. The Kier molecular flexibility index (Phi) is 4.29. The van der Waals surface area contributed by atoms with Gasteiger partial charge < -0.3 is 15.0 Å². The number of H-pyrrole nitrogens is 1. The van der Waals surface area contributed by atoms with Gasteiger partial charge in [-0.25, -0.2) is 0 Å². The van der Waals surface area contributed by atoms with Crippen LogP contribution >= 0.6 is 11.6 Å². The molecule has 2 unspecified atom stereocenters. The lowest BCUT2D eigenvalue weighted by Gasteiger charge is -2.17. The molecule has 3 rings (SSSR count). The molecule has 0 radical (unpaired) electrons. The third kappa shape index (κ3) is 2.71. The van der Waals surface area contributed by atoms with Crippen molar-refractivity contribution in [3.63, 3.8) is 0 Å². The predicted molar refractivity (Wildman–Crippen MR) is 83.2 cm³/mol.